The Morgan fingerprint density at radius 2 is 2.12 bits per heavy atom. The monoisotopic (exact) mass is 515 g/mol. The van der Waals surface area contributed by atoms with Crippen LogP contribution in [0.15, 0.2) is 53.6 Å². The van der Waals surface area contributed by atoms with E-state index in [9.17, 15) is 14.3 Å². The summed E-state index contributed by atoms with van der Waals surface area (Å²) in [5.74, 6) is -0.141. The van der Waals surface area contributed by atoms with Crippen molar-refractivity contribution in [2.24, 2.45) is 16.6 Å². The van der Waals surface area contributed by atoms with Crippen molar-refractivity contribution in [2.45, 2.75) is 35.7 Å². The van der Waals surface area contributed by atoms with Crippen LogP contribution in [0.5, 0.6) is 0 Å². The standard InChI is InChI=1S/C23H23BrFN5O3/c1-33-22(21(31)32)6-4-15(5-7-22)23(24)10-19(26)30-20(29-23)17(12-28-30)14-8-13-9-16(25)2-3-18(13)27-11-14/h2-3,8-12,15,28H,4-7,26H2,1H3,(H,31,32)/t15-,22+,23?. The summed E-state index contributed by atoms with van der Waals surface area (Å²) in [6.45, 7) is 0. The molecule has 4 N–H and O–H groups in total. The molecule has 1 fully saturated rings. The molecule has 0 bridgehead atoms. The molecule has 5 rings (SSSR count). The van der Waals surface area contributed by atoms with Crippen molar-refractivity contribution in [3.63, 3.8) is 0 Å². The number of carboxylic acids is 1. The molecule has 1 aliphatic carbocycles. The Hall–Kier alpha value is -2.98. The van der Waals surface area contributed by atoms with E-state index < -0.39 is 16.0 Å². The number of alkyl halides is 1. The topological polar surface area (TPSA) is 113 Å². The van der Waals surface area contributed by atoms with Gasteiger partial charge < -0.3 is 15.6 Å². The molecule has 8 nitrogen and oxygen atoms in total. The zero-order chi connectivity index (χ0) is 23.4. The lowest BCUT2D eigenvalue weighted by Gasteiger charge is -2.42. The molecule has 2 aliphatic heterocycles. The van der Waals surface area contributed by atoms with E-state index in [0.717, 1.165) is 11.1 Å². The van der Waals surface area contributed by atoms with Crippen molar-refractivity contribution in [1.29, 1.82) is 0 Å². The first-order valence-electron chi connectivity index (χ1n) is 10.6. The van der Waals surface area contributed by atoms with Crippen molar-refractivity contribution in [1.82, 2.24) is 15.4 Å². The van der Waals surface area contributed by atoms with E-state index in [1.807, 2.05) is 12.1 Å². The highest BCUT2D eigenvalue weighted by Gasteiger charge is 2.49. The summed E-state index contributed by atoms with van der Waals surface area (Å²) in [4.78, 5) is 21.2. The van der Waals surface area contributed by atoms with E-state index in [1.54, 1.807) is 23.5 Å². The molecule has 1 atom stereocenters. The van der Waals surface area contributed by atoms with Gasteiger partial charge in [0, 0.05) is 36.0 Å². The van der Waals surface area contributed by atoms with E-state index in [0.29, 0.717) is 48.2 Å². The van der Waals surface area contributed by atoms with Crippen LogP contribution in [0.25, 0.3) is 16.5 Å². The Labute approximate surface area is 198 Å². The van der Waals surface area contributed by atoms with Gasteiger partial charge in [-0.2, -0.15) is 0 Å². The molecule has 33 heavy (non-hydrogen) atoms. The average molecular weight is 516 g/mol. The fourth-order valence-electron chi connectivity index (χ4n) is 4.81. The van der Waals surface area contributed by atoms with Crippen molar-refractivity contribution in [3.8, 4) is 0 Å². The number of aliphatic imine (C=N–C) groups is 1. The number of pyridine rings is 1. The Morgan fingerprint density at radius 1 is 1.36 bits per heavy atom. The number of halogens is 2. The first-order valence-corrected chi connectivity index (χ1v) is 11.4. The van der Waals surface area contributed by atoms with Gasteiger partial charge in [-0.3, -0.25) is 10.4 Å². The van der Waals surface area contributed by atoms with Crippen molar-refractivity contribution in [2.75, 3.05) is 7.11 Å². The third kappa shape index (κ3) is 3.57. The van der Waals surface area contributed by atoms with Gasteiger partial charge in [0.2, 0.25) is 0 Å². The number of nitrogens with one attached hydrogen (secondary N) is 1. The molecule has 1 aromatic heterocycles. The van der Waals surface area contributed by atoms with E-state index >= 15 is 0 Å². The summed E-state index contributed by atoms with van der Waals surface area (Å²) in [5.41, 5.74) is 10.6. The Balaban J connectivity index is 1.47. The SMILES string of the molecule is CO[C@]1(C(=O)O)CC[C@H](C2(Br)C=C(N)N3NC=C(c4cnc5ccc(F)cc5c4)C3=N2)CC1. The predicted octanol–water partition coefficient (Wildman–Crippen LogP) is 3.50. The van der Waals surface area contributed by atoms with Crippen LogP contribution in [0.3, 0.4) is 0 Å². The van der Waals surface area contributed by atoms with E-state index in [1.165, 1.54) is 19.2 Å². The van der Waals surface area contributed by atoms with E-state index in [2.05, 4.69) is 26.3 Å². The van der Waals surface area contributed by atoms with Crippen LogP contribution in [-0.2, 0) is 9.53 Å². The minimum Gasteiger partial charge on any atom is -0.479 e. The number of rotatable bonds is 4. The third-order valence-corrected chi connectivity index (χ3v) is 7.83. The molecular formula is C23H23BrFN5O3. The maximum Gasteiger partial charge on any atom is 0.335 e. The number of methoxy groups -OCH3 is 1. The van der Waals surface area contributed by atoms with Gasteiger partial charge in [0.05, 0.1) is 5.52 Å². The van der Waals surface area contributed by atoms with Crippen LogP contribution in [0.4, 0.5) is 4.39 Å². The second-order valence-electron chi connectivity index (χ2n) is 8.59. The van der Waals surface area contributed by atoms with Gasteiger partial charge in [-0.1, -0.05) is 15.9 Å². The first kappa shape index (κ1) is 21.8. The first-order chi connectivity index (χ1) is 15.7. The second kappa shape index (κ2) is 7.81. The van der Waals surface area contributed by atoms with Crippen LogP contribution in [-0.4, -0.2) is 44.1 Å². The predicted molar refractivity (Wildman–Crippen MR) is 125 cm³/mol. The third-order valence-electron chi connectivity index (χ3n) is 6.78. The van der Waals surface area contributed by atoms with Crippen molar-refractivity contribution >= 4 is 44.2 Å². The molecule has 3 heterocycles. The number of carbonyl (C=O) groups is 1. The number of amidine groups is 1. The molecule has 0 saturated heterocycles. The molecule has 3 aliphatic rings. The van der Waals surface area contributed by atoms with Gasteiger partial charge in [0.25, 0.3) is 0 Å². The zero-order valence-electron chi connectivity index (χ0n) is 17.9. The molecule has 2 aromatic rings. The molecule has 0 radical (unpaired) electrons. The molecule has 1 aromatic carbocycles. The highest BCUT2D eigenvalue weighted by molar-refractivity contribution is 9.10. The van der Waals surface area contributed by atoms with Crippen molar-refractivity contribution < 1.29 is 19.0 Å². The van der Waals surface area contributed by atoms with Crippen LogP contribution in [0.2, 0.25) is 0 Å². The number of carboxylic acid groups (broad SMARTS) is 1. The highest BCUT2D eigenvalue weighted by atomic mass is 79.9. The van der Waals surface area contributed by atoms with E-state index in [4.69, 9.17) is 15.5 Å². The lowest BCUT2D eigenvalue weighted by Crippen LogP contribution is -2.49. The smallest absolute Gasteiger partial charge is 0.335 e. The number of hydrogen-bond donors (Lipinski definition) is 3. The number of nitrogens with two attached hydrogens (primary N) is 1. The number of hydrogen-bond acceptors (Lipinski definition) is 7. The maximum atomic E-state index is 13.7. The van der Waals surface area contributed by atoms with Gasteiger partial charge in [-0.15, -0.1) is 0 Å². The van der Waals surface area contributed by atoms with Gasteiger partial charge in [-0.05, 0) is 61.9 Å². The molecule has 1 unspecified atom stereocenters. The summed E-state index contributed by atoms with van der Waals surface area (Å²) in [7, 11) is 1.44. The van der Waals surface area contributed by atoms with Crippen LogP contribution in [0, 0.1) is 11.7 Å². The van der Waals surface area contributed by atoms with Gasteiger partial charge in [0.15, 0.2) is 11.4 Å². The minimum absolute atomic E-state index is 0.0269. The summed E-state index contributed by atoms with van der Waals surface area (Å²) in [6, 6.07) is 6.35. The highest BCUT2D eigenvalue weighted by Crippen LogP contribution is 2.47. The molecule has 10 heteroatoms. The van der Waals surface area contributed by atoms with Crippen LogP contribution >= 0.6 is 15.9 Å². The molecular weight excluding hydrogens is 493 g/mol. The fourth-order valence-corrected chi connectivity index (χ4v) is 5.67. The largest absolute Gasteiger partial charge is 0.479 e. The van der Waals surface area contributed by atoms with Crippen LogP contribution < -0.4 is 11.2 Å². The molecule has 0 spiro atoms. The molecule has 172 valence electrons. The average Bonchev–Trinajstić information content (AvgIpc) is 3.22. The maximum absolute atomic E-state index is 13.7. The fraction of sp³-hybridized carbons (Fsp3) is 0.348. The second-order valence-corrected chi connectivity index (χ2v) is 9.86. The Morgan fingerprint density at radius 3 is 2.82 bits per heavy atom. The summed E-state index contributed by atoms with van der Waals surface area (Å²) in [5, 5.41) is 12.0. The summed E-state index contributed by atoms with van der Waals surface area (Å²) >= 11 is 3.80. The van der Waals surface area contributed by atoms with Gasteiger partial charge >= 0.3 is 5.97 Å². The summed E-state index contributed by atoms with van der Waals surface area (Å²) < 4.78 is 18.3. The van der Waals surface area contributed by atoms with E-state index in [-0.39, 0.29) is 11.7 Å². The molecule has 0 amide bonds. The normalized spacial score (nSPS) is 29.1. The number of ether oxygens (including phenoxy) is 1. The zero-order valence-corrected chi connectivity index (χ0v) is 19.5. The number of benzene rings is 1. The number of hydrazine groups is 1. The lowest BCUT2D eigenvalue weighted by atomic mass is 9.75. The Bertz CT molecular complexity index is 1240. The number of fused-ring (bicyclic) bond motifs is 2. The molecule has 1 saturated carbocycles. The number of aliphatic carboxylic acids is 1. The van der Waals surface area contributed by atoms with Crippen LogP contribution in [0.1, 0.15) is 31.2 Å². The van der Waals surface area contributed by atoms with Crippen molar-refractivity contribution in [3.05, 3.63) is 59.9 Å². The Kier molecular flexibility index (Phi) is 5.17. The summed E-state index contributed by atoms with van der Waals surface area (Å²) in [6.07, 6.45) is 7.36. The minimum atomic E-state index is -1.16. The number of nitrogens with zero attached hydrogens (tertiary/aromatic N) is 3. The number of aromatic nitrogens is 1. The quantitative estimate of drug-likeness (QED) is 0.421. The lowest BCUT2D eigenvalue weighted by molar-refractivity contribution is -0.167. The van der Waals surface area contributed by atoms with Gasteiger partial charge in [-0.25, -0.2) is 19.2 Å². The van der Waals surface area contributed by atoms with Gasteiger partial charge in [0.1, 0.15) is 16.1 Å².